The van der Waals surface area contributed by atoms with E-state index in [2.05, 4.69) is 32.8 Å². The number of aromatic amines is 1. The van der Waals surface area contributed by atoms with Crippen molar-refractivity contribution in [1.82, 2.24) is 9.78 Å². The maximum atomic E-state index is 13.2. The zero-order valence-electron chi connectivity index (χ0n) is 15.6. The number of hydrogen-bond donors (Lipinski definition) is 1. The van der Waals surface area contributed by atoms with Crippen LogP contribution in [-0.4, -0.2) is 21.4 Å². The van der Waals surface area contributed by atoms with Gasteiger partial charge in [0.05, 0.1) is 28.2 Å². The van der Waals surface area contributed by atoms with Gasteiger partial charge in [-0.3, -0.25) is 14.7 Å². The van der Waals surface area contributed by atoms with Crippen LogP contribution < -0.4 is 10.6 Å². The third kappa shape index (κ3) is 3.55. The molecular formula is C21H16FIN4O2. The molecule has 2 aromatic carbocycles. The number of anilines is 1. The predicted molar refractivity (Wildman–Crippen MR) is 119 cm³/mol. The second-order valence-corrected chi connectivity index (χ2v) is 7.85. The first-order chi connectivity index (χ1) is 13.8. The SMILES string of the molecule is CC1=NN(c2ccc(I)cc2)C(=O)/C1=C\c1c(C)[nH]n(-c2ccc(F)cc2)c1=O. The molecule has 1 aromatic heterocycles. The number of nitrogens with zero attached hydrogens (tertiary/aromatic N) is 3. The number of carbonyl (C=O) groups excluding carboxylic acids is 1. The van der Waals surface area contributed by atoms with Crippen LogP contribution in [0.25, 0.3) is 11.8 Å². The number of benzene rings is 2. The summed E-state index contributed by atoms with van der Waals surface area (Å²) in [6.45, 7) is 3.48. The number of nitrogens with one attached hydrogen (secondary N) is 1. The molecule has 0 fully saturated rings. The van der Waals surface area contributed by atoms with Crippen LogP contribution in [0.1, 0.15) is 18.2 Å². The van der Waals surface area contributed by atoms with E-state index in [9.17, 15) is 14.0 Å². The molecule has 1 amide bonds. The average Bonchev–Trinajstić information content (AvgIpc) is 3.14. The fourth-order valence-electron chi connectivity index (χ4n) is 3.09. The summed E-state index contributed by atoms with van der Waals surface area (Å²) >= 11 is 2.19. The number of aromatic nitrogens is 2. The monoisotopic (exact) mass is 502 g/mol. The number of amides is 1. The number of rotatable bonds is 3. The van der Waals surface area contributed by atoms with Crippen LogP contribution in [0, 0.1) is 16.3 Å². The van der Waals surface area contributed by atoms with Gasteiger partial charge in [0.25, 0.3) is 11.5 Å². The Hall–Kier alpha value is -3.01. The molecule has 0 aliphatic carbocycles. The number of halogens is 2. The second-order valence-electron chi connectivity index (χ2n) is 6.60. The van der Waals surface area contributed by atoms with E-state index in [-0.39, 0.29) is 17.3 Å². The molecule has 146 valence electrons. The first-order valence-electron chi connectivity index (χ1n) is 8.80. The fourth-order valence-corrected chi connectivity index (χ4v) is 3.45. The van der Waals surface area contributed by atoms with Gasteiger partial charge in [-0.05, 0) is 91.0 Å². The van der Waals surface area contributed by atoms with E-state index < -0.39 is 0 Å². The van der Waals surface area contributed by atoms with Crippen LogP contribution >= 0.6 is 22.6 Å². The fraction of sp³-hybridized carbons (Fsp3) is 0.0952. The Bertz CT molecular complexity index is 1220. The lowest BCUT2D eigenvalue weighted by Crippen LogP contribution is -2.22. The van der Waals surface area contributed by atoms with Gasteiger partial charge in [0.1, 0.15) is 5.82 Å². The molecule has 4 rings (SSSR count). The molecule has 3 aromatic rings. The van der Waals surface area contributed by atoms with Crippen molar-refractivity contribution in [2.75, 3.05) is 5.01 Å². The third-order valence-corrected chi connectivity index (χ3v) is 5.34. The first kappa shape index (κ1) is 19.3. The highest BCUT2D eigenvalue weighted by Crippen LogP contribution is 2.25. The smallest absolute Gasteiger partial charge is 0.280 e. The van der Waals surface area contributed by atoms with Crippen molar-refractivity contribution in [3.63, 3.8) is 0 Å². The standard InChI is InChI=1S/C21H16FIN4O2/c1-12-18(20(28)26(24-12)16-7-3-14(22)4-8-16)11-19-13(2)25-27(21(19)29)17-9-5-15(23)6-10-17/h3-11,24H,1-2H3/b19-11-. The van der Waals surface area contributed by atoms with Gasteiger partial charge < -0.3 is 0 Å². The average molecular weight is 502 g/mol. The van der Waals surface area contributed by atoms with E-state index in [1.165, 1.54) is 34.0 Å². The van der Waals surface area contributed by atoms with Crippen molar-refractivity contribution in [3.8, 4) is 5.69 Å². The molecule has 1 N–H and O–H groups in total. The van der Waals surface area contributed by atoms with E-state index in [1.807, 2.05) is 24.3 Å². The van der Waals surface area contributed by atoms with Crippen LogP contribution in [0.5, 0.6) is 0 Å². The molecule has 0 atom stereocenters. The van der Waals surface area contributed by atoms with Gasteiger partial charge in [-0.25, -0.2) is 9.07 Å². The number of H-pyrrole nitrogens is 1. The Kier molecular flexibility index (Phi) is 4.95. The Morgan fingerprint density at radius 1 is 1.00 bits per heavy atom. The summed E-state index contributed by atoms with van der Waals surface area (Å²) in [5.41, 5.74) is 2.68. The summed E-state index contributed by atoms with van der Waals surface area (Å²) < 4.78 is 15.6. The Balaban J connectivity index is 1.72. The third-order valence-electron chi connectivity index (χ3n) is 4.62. The predicted octanol–water partition coefficient (Wildman–Crippen LogP) is 4.02. The minimum absolute atomic E-state index is 0.294. The van der Waals surface area contributed by atoms with Gasteiger partial charge in [-0.15, -0.1) is 0 Å². The molecule has 0 unspecified atom stereocenters. The molecule has 0 radical (unpaired) electrons. The largest absolute Gasteiger partial charge is 0.295 e. The van der Waals surface area contributed by atoms with E-state index in [0.717, 1.165) is 3.57 Å². The van der Waals surface area contributed by atoms with Gasteiger partial charge >= 0.3 is 0 Å². The Morgan fingerprint density at radius 3 is 2.28 bits per heavy atom. The molecule has 0 saturated carbocycles. The van der Waals surface area contributed by atoms with Crippen LogP contribution in [0.2, 0.25) is 0 Å². The Labute approximate surface area is 179 Å². The van der Waals surface area contributed by atoms with Crippen molar-refractivity contribution >= 4 is 46.0 Å². The summed E-state index contributed by atoms with van der Waals surface area (Å²) in [6.07, 6.45) is 1.56. The summed E-state index contributed by atoms with van der Waals surface area (Å²) in [6, 6.07) is 13.0. The minimum atomic E-state index is -0.383. The zero-order chi connectivity index (χ0) is 20.7. The number of hydrazone groups is 1. The van der Waals surface area contributed by atoms with E-state index in [4.69, 9.17) is 0 Å². The Morgan fingerprint density at radius 2 is 1.62 bits per heavy atom. The van der Waals surface area contributed by atoms with Gasteiger partial charge in [0.2, 0.25) is 0 Å². The summed E-state index contributed by atoms with van der Waals surface area (Å²) in [5.74, 6) is -0.677. The summed E-state index contributed by atoms with van der Waals surface area (Å²) in [4.78, 5) is 25.8. The second kappa shape index (κ2) is 7.43. The quantitative estimate of drug-likeness (QED) is 0.434. The lowest BCUT2D eigenvalue weighted by Gasteiger charge is -2.11. The van der Waals surface area contributed by atoms with Gasteiger partial charge in [0, 0.05) is 9.26 Å². The maximum absolute atomic E-state index is 13.2. The minimum Gasteiger partial charge on any atom is -0.295 e. The molecule has 29 heavy (non-hydrogen) atoms. The molecule has 0 saturated heterocycles. The molecular weight excluding hydrogens is 486 g/mol. The number of carbonyl (C=O) groups is 1. The van der Waals surface area contributed by atoms with Crippen LogP contribution in [0.4, 0.5) is 10.1 Å². The van der Waals surface area contributed by atoms with Crippen molar-refractivity contribution in [1.29, 1.82) is 0 Å². The first-order valence-corrected chi connectivity index (χ1v) is 9.88. The van der Waals surface area contributed by atoms with Crippen LogP contribution in [0.15, 0.2) is 64.0 Å². The van der Waals surface area contributed by atoms with Crippen molar-refractivity contribution in [2.45, 2.75) is 13.8 Å². The highest BCUT2D eigenvalue weighted by molar-refractivity contribution is 14.1. The van der Waals surface area contributed by atoms with Gasteiger partial charge in [0.15, 0.2) is 0 Å². The molecule has 2 heterocycles. The van der Waals surface area contributed by atoms with Crippen LogP contribution in [0.3, 0.4) is 0 Å². The normalized spacial score (nSPS) is 15.3. The van der Waals surface area contributed by atoms with Crippen LogP contribution in [-0.2, 0) is 4.79 Å². The molecule has 1 aliphatic heterocycles. The van der Waals surface area contributed by atoms with Gasteiger partial charge in [-0.2, -0.15) is 10.1 Å². The van der Waals surface area contributed by atoms with E-state index >= 15 is 0 Å². The van der Waals surface area contributed by atoms with Crippen molar-refractivity contribution in [3.05, 3.63) is 85.1 Å². The highest BCUT2D eigenvalue weighted by atomic mass is 127. The molecule has 6 nitrogen and oxygen atoms in total. The molecule has 8 heteroatoms. The topological polar surface area (TPSA) is 70.5 Å². The van der Waals surface area contributed by atoms with Gasteiger partial charge in [-0.1, -0.05) is 0 Å². The lowest BCUT2D eigenvalue weighted by molar-refractivity contribution is -0.114. The van der Waals surface area contributed by atoms with Crippen molar-refractivity contribution < 1.29 is 9.18 Å². The summed E-state index contributed by atoms with van der Waals surface area (Å²) in [7, 11) is 0. The van der Waals surface area contributed by atoms with Crippen molar-refractivity contribution in [2.24, 2.45) is 5.10 Å². The lowest BCUT2D eigenvalue weighted by atomic mass is 10.1. The molecule has 1 aliphatic rings. The highest BCUT2D eigenvalue weighted by Gasteiger charge is 2.29. The number of hydrogen-bond acceptors (Lipinski definition) is 3. The molecule has 0 bridgehead atoms. The summed E-state index contributed by atoms with van der Waals surface area (Å²) in [5, 5.41) is 8.65. The van der Waals surface area contributed by atoms with E-state index in [1.54, 1.807) is 19.9 Å². The zero-order valence-corrected chi connectivity index (χ0v) is 17.8. The molecule has 0 spiro atoms. The maximum Gasteiger partial charge on any atom is 0.280 e. The van der Waals surface area contributed by atoms with E-state index in [0.29, 0.717) is 33.9 Å². The number of aryl methyl sites for hydroxylation is 1.